The number of amides is 1. The van der Waals surface area contributed by atoms with E-state index in [0.717, 1.165) is 37.7 Å². The number of carbonyl (C=O) groups excluding carboxylic acids is 1. The average molecular weight is 448 g/mol. The summed E-state index contributed by atoms with van der Waals surface area (Å²) in [5.41, 5.74) is 0.798. The maximum absolute atomic E-state index is 12.7. The summed E-state index contributed by atoms with van der Waals surface area (Å²) >= 11 is 0. The molecule has 0 radical (unpaired) electrons. The number of allylic oxidation sites excluding steroid dienone is 4. The Morgan fingerprint density at radius 2 is 1.87 bits per heavy atom. The normalized spacial score (nSPS) is 41.1. The minimum absolute atomic E-state index is 0.0890. The van der Waals surface area contributed by atoms with Gasteiger partial charge in [0, 0.05) is 12.3 Å². The number of hydrogen-bond donors (Lipinski definition) is 1. The van der Waals surface area contributed by atoms with Crippen LogP contribution in [-0.4, -0.2) is 19.8 Å². The number of hydrogen-bond acceptors (Lipinski definition) is 4. The first-order valence-corrected chi connectivity index (χ1v) is 11.9. The lowest BCUT2D eigenvalue weighted by Crippen LogP contribution is -2.50. The fraction of sp³-hybridized carbons (Fsp3) is 0.762. The lowest BCUT2D eigenvalue weighted by atomic mass is 9.48. The summed E-state index contributed by atoms with van der Waals surface area (Å²) in [5.74, 6) is 0.682. The summed E-state index contributed by atoms with van der Waals surface area (Å²) in [5, 5.41) is 0. The summed E-state index contributed by atoms with van der Waals surface area (Å²) in [6.45, 7) is 4.32. The van der Waals surface area contributed by atoms with Gasteiger partial charge in [-0.3, -0.25) is 4.79 Å². The summed E-state index contributed by atoms with van der Waals surface area (Å²) in [6.07, 6.45) is 8.63. The second-order valence-corrected chi connectivity index (χ2v) is 11.4. The minimum Gasteiger partial charge on any atom is -0.381 e. The van der Waals surface area contributed by atoms with Crippen LogP contribution in [0.25, 0.3) is 0 Å². The van der Waals surface area contributed by atoms with Crippen LogP contribution in [-0.2, 0) is 19.1 Å². The molecule has 4 aliphatic rings. The van der Waals surface area contributed by atoms with Crippen molar-refractivity contribution in [3.8, 4) is 0 Å². The smallest absolute Gasteiger partial charge is 0.381 e. The van der Waals surface area contributed by atoms with Crippen molar-refractivity contribution in [2.45, 2.75) is 64.3 Å². The SMILES string of the molecule is C[C@]12CC[C@H]3[C@@H](CC=C4C=C(OS(=O)(=O)C(F)(F)F)CC[C@@]43C)[C@@H]1CC[C@@H]2C(N)=O. The Morgan fingerprint density at radius 1 is 1.17 bits per heavy atom. The Labute approximate surface area is 175 Å². The van der Waals surface area contributed by atoms with Crippen LogP contribution in [0.4, 0.5) is 13.2 Å². The molecule has 0 heterocycles. The number of fused-ring (bicyclic) bond motifs is 5. The molecule has 9 heteroatoms. The fourth-order valence-corrected chi connectivity index (χ4v) is 7.53. The molecular formula is C21H28F3NO4S. The third-order valence-corrected chi connectivity index (χ3v) is 9.58. The van der Waals surface area contributed by atoms with Gasteiger partial charge < -0.3 is 9.92 Å². The number of alkyl halides is 3. The molecule has 0 aromatic rings. The van der Waals surface area contributed by atoms with Gasteiger partial charge in [-0.2, -0.15) is 21.6 Å². The van der Waals surface area contributed by atoms with E-state index in [4.69, 9.17) is 5.73 Å². The zero-order valence-electron chi connectivity index (χ0n) is 17.2. The summed E-state index contributed by atoms with van der Waals surface area (Å²) < 4.78 is 65.2. The maximum Gasteiger partial charge on any atom is 0.534 e. The largest absolute Gasteiger partial charge is 0.534 e. The highest BCUT2D eigenvalue weighted by molar-refractivity contribution is 7.87. The van der Waals surface area contributed by atoms with Gasteiger partial charge in [-0.15, -0.1) is 0 Å². The second-order valence-electron chi connectivity index (χ2n) is 9.86. The van der Waals surface area contributed by atoms with Crippen LogP contribution in [0, 0.1) is 34.5 Å². The predicted octanol–water partition coefficient (Wildman–Crippen LogP) is 4.41. The molecule has 30 heavy (non-hydrogen) atoms. The molecule has 5 nitrogen and oxygen atoms in total. The molecule has 0 bridgehead atoms. The van der Waals surface area contributed by atoms with Crippen molar-refractivity contribution in [1.29, 1.82) is 0 Å². The van der Waals surface area contributed by atoms with Crippen LogP contribution >= 0.6 is 0 Å². The van der Waals surface area contributed by atoms with E-state index >= 15 is 0 Å². The highest BCUT2D eigenvalue weighted by Gasteiger charge is 2.59. The second kappa shape index (κ2) is 6.74. The molecule has 4 aliphatic carbocycles. The summed E-state index contributed by atoms with van der Waals surface area (Å²) in [6, 6.07) is 0. The van der Waals surface area contributed by atoms with Crippen LogP contribution in [0.2, 0.25) is 0 Å². The third-order valence-electron chi connectivity index (χ3n) is 8.58. The maximum atomic E-state index is 12.7. The number of carbonyl (C=O) groups is 1. The highest BCUT2D eigenvalue weighted by Crippen LogP contribution is 2.66. The molecule has 168 valence electrons. The number of halogens is 3. The van der Waals surface area contributed by atoms with Crippen molar-refractivity contribution in [2.24, 2.45) is 40.2 Å². The Bertz CT molecular complexity index is 925. The average Bonchev–Trinajstić information content (AvgIpc) is 2.98. The molecule has 2 N–H and O–H groups in total. The fourth-order valence-electron chi connectivity index (χ4n) is 7.02. The molecule has 0 aromatic carbocycles. The van der Waals surface area contributed by atoms with E-state index in [-0.39, 0.29) is 34.8 Å². The first-order valence-electron chi connectivity index (χ1n) is 10.5. The van der Waals surface area contributed by atoms with Gasteiger partial charge in [0.1, 0.15) is 5.76 Å². The van der Waals surface area contributed by atoms with Crippen molar-refractivity contribution in [2.75, 3.05) is 0 Å². The van der Waals surface area contributed by atoms with Crippen molar-refractivity contribution >= 4 is 16.0 Å². The van der Waals surface area contributed by atoms with E-state index in [2.05, 4.69) is 18.0 Å². The molecule has 2 saturated carbocycles. The van der Waals surface area contributed by atoms with Crippen LogP contribution < -0.4 is 5.73 Å². The number of nitrogens with two attached hydrogens (primary N) is 1. The topological polar surface area (TPSA) is 86.5 Å². The molecule has 0 aromatic heterocycles. The van der Waals surface area contributed by atoms with Gasteiger partial charge in [0.15, 0.2) is 0 Å². The molecular weight excluding hydrogens is 419 g/mol. The highest BCUT2D eigenvalue weighted by atomic mass is 32.2. The van der Waals surface area contributed by atoms with E-state index in [1.165, 1.54) is 6.08 Å². The standard InChI is InChI=1S/C21H28F3NO4S/c1-19-9-7-13(29-30(27,28)21(22,23)24)11-12(19)3-4-14-15-5-6-17(18(25)26)20(15,2)10-8-16(14)19/h3,11,14-17H,4-10H2,1-2H3,(H2,25,26)/t14-,15-,16-,17+,19-,20-/m0/s1. The van der Waals surface area contributed by atoms with Crippen molar-refractivity contribution in [1.82, 2.24) is 0 Å². The van der Waals surface area contributed by atoms with Gasteiger partial charge in [-0.1, -0.05) is 19.9 Å². The lowest BCUT2D eigenvalue weighted by Gasteiger charge is -2.56. The van der Waals surface area contributed by atoms with Crippen LogP contribution in [0.15, 0.2) is 23.5 Å². The van der Waals surface area contributed by atoms with E-state index in [1.54, 1.807) is 0 Å². The van der Waals surface area contributed by atoms with Crippen LogP contribution in [0.1, 0.15) is 58.8 Å². The molecule has 0 unspecified atom stereocenters. The predicted molar refractivity (Wildman–Crippen MR) is 104 cm³/mol. The zero-order chi connectivity index (χ0) is 22.1. The Kier molecular flexibility index (Phi) is 4.88. The zero-order valence-corrected chi connectivity index (χ0v) is 18.0. The van der Waals surface area contributed by atoms with Gasteiger partial charge in [0.05, 0.1) is 0 Å². The van der Waals surface area contributed by atoms with E-state index < -0.39 is 15.6 Å². The molecule has 1 amide bonds. The lowest BCUT2D eigenvalue weighted by molar-refractivity contribution is -0.128. The molecule has 0 aliphatic heterocycles. The Hall–Kier alpha value is -1.51. The molecule has 6 atom stereocenters. The monoisotopic (exact) mass is 447 g/mol. The van der Waals surface area contributed by atoms with Gasteiger partial charge in [0.2, 0.25) is 5.91 Å². The van der Waals surface area contributed by atoms with Crippen LogP contribution in [0.5, 0.6) is 0 Å². The molecule has 0 spiro atoms. The van der Waals surface area contributed by atoms with Gasteiger partial charge in [-0.05, 0) is 78.8 Å². The minimum atomic E-state index is -5.65. The molecule has 2 fully saturated rings. The van der Waals surface area contributed by atoms with Gasteiger partial charge in [-0.25, -0.2) is 0 Å². The van der Waals surface area contributed by atoms with E-state index in [1.807, 2.05) is 6.08 Å². The Morgan fingerprint density at radius 3 is 2.50 bits per heavy atom. The molecule has 0 saturated heterocycles. The van der Waals surface area contributed by atoms with Crippen molar-refractivity contribution in [3.05, 3.63) is 23.5 Å². The van der Waals surface area contributed by atoms with E-state index in [0.29, 0.717) is 24.2 Å². The first-order chi connectivity index (χ1) is 13.8. The van der Waals surface area contributed by atoms with E-state index in [9.17, 15) is 26.4 Å². The van der Waals surface area contributed by atoms with Crippen molar-refractivity contribution in [3.63, 3.8) is 0 Å². The van der Waals surface area contributed by atoms with Gasteiger partial charge in [0.25, 0.3) is 0 Å². The van der Waals surface area contributed by atoms with Crippen LogP contribution in [0.3, 0.4) is 0 Å². The summed E-state index contributed by atoms with van der Waals surface area (Å²) in [7, 11) is -5.65. The summed E-state index contributed by atoms with van der Waals surface area (Å²) in [4.78, 5) is 12.0. The van der Waals surface area contributed by atoms with Crippen molar-refractivity contribution < 1.29 is 30.6 Å². The molecule has 4 rings (SSSR count). The number of rotatable bonds is 3. The first kappa shape index (κ1) is 21.7. The third kappa shape index (κ3) is 3.10. The quantitative estimate of drug-likeness (QED) is 0.513. The number of primary amides is 1. The Balaban J connectivity index is 1.61. The van der Waals surface area contributed by atoms with Gasteiger partial charge >= 0.3 is 15.6 Å².